The molecule has 2 N–H and O–H groups in total. The van der Waals surface area contributed by atoms with Crippen molar-refractivity contribution < 1.29 is 19.0 Å². The van der Waals surface area contributed by atoms with Crippen molar-refractivity contribution in [3.63, 3.8) is 0 Å². The molecule has 4 atom stereocenters. The van der Waals surface area contributed by atoms with E-state index >= 15 is 0 Å². The summed E-state index contributed by atoms with van der Waals surface area (Å²) in [4.78, 5) is 25.4. The highest BCUT2D eigenvalue weighted by molar-refractivity contribution is 6.74. The monoisotopic (exact) mass is 372 g/mol. The molecule has 25 heavy (non-hydrogen) atoms. The van der Waals surface area contributed by atoms with Gasteiger partial charge in [0.15, 0.2) is 14.5 Å². The van der Waals surface area contributed by atoms with Gasteiger partial charge in [-0.15, -0.1) is 0 Å². The molecule has 0 radical (unpaired) electrons. The molecule has 9 heteroatoms. The molecule has 0 unspecified atom stereocenters. The molecule has 1 aromatic rings. The fourth-order valence-electron chi connectivity index (χ4n) is 2.47. The maximum Gasteiger partial charge on any atom is 0.330 e. The summed E-state index contributed by atoms with van der Waals surface area (Å²) in [6.45, 7) is 10.8. The average Bonchev–Trinajstić information content (AvgIpc) is 2.80. The van der Waals surface area contributed by atoms with E-state index in [-0.39, 0.29) is 11.6 Å². The quantitative estimate of drug-likeness (QED) is 0.742. The Balaban J connectivity index is 2.18. The number of hydrogen-bond donors (Lipinski definition) is 2. The number of hydrogen-bond acceptors (Lipinski definition) is 6. The molecule has 0 amide bonds. The summed E-state index contributed by atoms with van der Waals surface area (Å²) >= 11 is 0. The highest BCUT2D eigenvalue weighted by Gasteiger charge is 2.47. The van der Waals surface area contributed by atoms with E-state index in [9.17, 15) is 14.7 Å². The van der Waals surface area contributed by atoms with E-state index in [4.69, 9.17) is 13.9 Å². The lowest BCUT2D eigenvalue weighted by Crippen LogP contribution is -2.44. The van der Waals surface area contributed by atoms with E-state index < -0.39 is 44.1 Å². The minimum Gasteiger partial charge on any atom is -0.414 e. The summed E-state index contributed by atoms with van der Waals surface area (Å²) in [5, 5.41) is 10.6. The summed E-state index contributed by atoms with van der Waals surface area (Å²) in [7, 11) is -0.559. The van der Waals surface area contributed by atoms with Crippen molar-refractivity contribution >= 4 is 8.32 Å². The zero-order chi connectivity index (χ0) is 19.0. The van der Waals surface area contributed by atoms with Gasteiger partial charge in [-0.05, 0) is 18.1 Å². The number of aromatic amines is 1. The van der Waals surface area contributed by atoms with E-state index in [2.05, 4.69) is 38.8 Å². The molecule has 2 heterocycles. The summed E-state index contributed by atoms with van der Waals surface area (Å²) in [5.41, 5.74) is -1.11. The maximum absolute atomic E-state index is 12.0. The summed E-state index contributed by atoms with van der Waals surface area (Å²) in [5.74, 6) is 0. The second-order valence-corrected chi connectivity index (χ2v) is 12.7. The van der Waals surface area contributed by atoms with Crippen LogP contribution in [0.15, 0.2) is 21.9 Å². The molecular weight excluding hydrogens is 344 g/mol. The van der Waals surface area contributed by atoms with Gasteiger partial charge in [0.25, 0.3) is 5.56 Å². The number of nitrogens with one attached hydrogen (secondary N) is 1. The third-order valence-electron chi connectivity index (χ3n) is 5.12. The molecule has 1 aliphatic rings. The van der Waals surface area contributed by atoms with Crippen molar-refractivity contribution in [1.82, 2.24) is 9.55 Å². The van der Waals surface area contributed by atoms with Gasteiger partial charge in [-0.1, -0.05) is 20.8 Å². The second kappa shape index (κ2) is 7.16. The van der Waals surface area contributed by atoms with Crippen molar-refractivity contribution in [3.05, 3.63) is 33.1 Å². The highest BCUT2D eigenvalue weighted by atomic mass is 28.4. The topological polar surface area (TPSA) is 103 Å². The van der Waals surface area contributed by atoms with Gasteiger partial charge in [0.05, 0.1) is 6.61 Å². The van der Waals surface area contributed by atoms with Crippen LogP contribution in [0.2, 0.25) is 18.1 Å². The zero-order valence-corrected chi connectivity index (χ0v) is 16.6. The standard InChI is InChI=1S/C16H28N2O6Si/c1-16(2,3)25(5,6)23-9-10-12(20)13(22-4)14(24-10)18-8-7-11(19)17-15(18)21/h7-8,10,12-14,20H,9H2,1-6H3,(H,17,19,21)/t10-,12+,13-,14-/m1/s1. The first-order valence-electron chi connectivity index (χ1n) is 8.29. The first-order valence-corrected chi connectivity index (χ1v) is 11.2. The molecule has 0 spiro atoms. The number of H-pyrrole nitrogens is 1. The summed E-state index contributed by atoms with van der Waals surface area (Å²) in [6, 6.07) is 1.23. The molecule has 1 aromatic heterocycles. The van der Waals surface area contributed by atoms with Gasteiger partial charge in [-0.2, -0.15) is 0 Å². The van der Waals surface area contributed by atoms with E-state index in [1.807, 2.05) is 0 Å². The van der Waals surface area contributed by atoms with Crippen LogP contribution in [0.3, 0.4) is 0 Å². The van der Waals surface area contributed by atoms with Crippen LogP contribution >= 0.6 is 0 Å². The van der Waals surface area contributed by atoms with Crippen LogP contribution in [0, 0.1) is 0 Å². The molecule has 8 nitrogen and oxygen atoms in total. The molecule has 2 rings (SSSR count). The smallest absolute Gasteiger partial charge is 0.330 e. The Kier molecular flexibility index (Phi) is 5.74. The Morgan fingerprint density at radius 2 is 2.00 bits per heavy atom. The Hall–Kier alpha value is -1.26. The number of aliphatic hydroxyl groups is 1. The second-order valence-electron chi connectivity index (χ2n) is 7.84. The van der Waals surface area contributed by atoms with Crippen molar-refractivity contribution in [3.8, 4) is 0 Å². The van der Waals surface area contributed by atoms with E-state index in [1.54, 1.807) is 0 Å². The molecule has 0 bridgehead atoms. The Morgan fingerprint density at radius 1 is 1.36 bits per heavy atom. The normalized spacial score (nSPS) is 27.6. The predicted molar refractivity (Wildman–Crippen MR) is 95.2 cm³/mol. The Labute approximate surface area is 147 Å². The van der Waals surface area contributed by atoms with Gasteiger partial charge in [-0.3, -0.25) is 14.3 Å². The van der Waals surface area contributed by atoms with Gasteiger partial charge in [-0.25, -0.2) is 4.79 Å². The van der Waals surface area contributed by atoms with Crippen LogP contribution < -0.4 is 11.2 Å². The van der Waals surface area contributed by atoms with Crippen LogP contribution in [-0.4, -0.2) is 55.0 Å². The van der Waals surface area contributed by atoms with Crippen molar-refractivity contribution in [2.75, 3.05) is 13.7 Å². The summed E-state index contributed by atoms with van der Waals surface area (Å²) in [6.07, 6.45) is -1.81. The third kappa shape index (κ3) is 4.12. The lowest BCUT2D eigenvalue weighted by Gasteiger charge is -2.37. The molecule has 0 saturated carbocycles. The zero-order valence-electron chi connectivity index (χ0n) is 15.6. The van der Waals surface area contributed by atoms with Crippen molar-refractivity contribution in [2.24, 2.45) is 0 Å². The van der Waals surface area contributed by atoms with E-state index in [0.717, 1.165) is 0 Å². The molecule has 0 aliphatic carbocycles. The number of ether oxygens (including phenoxy) is 2. The van der Waals surface area contributed by atoms with Gasteiger partial charge in [0.2, 0.25) is 0 Å². The minimum absolute atomic E-state index is 0.0342. The van der Waals surface area contributed by atoms with Gasteiger partial charge in [0, 0.05) is 19.4 Å². The lowest BCUT2D eigenvalue weighted by atomic mass is 10.1. The largest absolute Gasteiger partial charge is 0.414 e. The van der Waals surface area contributed by atoms with Crippen molar-refractivity contribution in [2.45, 2.75) is 63.4 Å². The van der Waals surface area contributed by atoms with Crippen LogP contribution in [0.5, 0.6) is 0 Å². The lowest BCUT2D eigenvalue weighted by molar-refractivity contribution is -0.0613. The molecule has 1 saturated heterocycles. The number of nitrogens with zero attached hydrogens (tertiary/aromatic N) is 1. The fraction of sp³-hybridized carbons (Fsp3) is 0.750. The molecule has 142 valence electrons. The van der Waals surface area contributed by atoms with Crippen LogP contribution in [0.4, 0.5) is 0 Å². The molecule has 1 fully saturated rings. The average molecular weight is 372 g/mol. The number of methoxy groups -OCH3 is 1. The van der Waals surface area contributed by atoms with E-state index in [1.165, 1.54) is 23.9 Å². The fourth-order valence-corrected chi connectivity index (χ4v) is 3.48. The number of rotatable bonds is 5. The maximum atomic E-state index is 12.0. The van der Waals surface area contributed by atoms with Gasteiger partial charge >= 0.3 is 5.69 Å². The van der Waals surface area contributed by atoms with Crippen molar-refractivity contribution in [1.29, 1.82) is 0 Å². The SMILES string of the molecule is CO[C@@H]1[C@@H](O)[C@@H](CO[Si](C)(C)C(C)(C)C)O[C@H]1n1ccc(=O)[nH]c1=O. The Bertz CT molecular complexity index is 708. The molecular formula is C16H28N2O6Si. The Morgan fingerprint density at radius 3 is 2.52 bits per heavy atom. The van der Waals surface area contributed by atoms with Crippen LogP contribution in [-0.2, 0) is 13.9 Å². The van der Waals surface area contributed by atoms with E-state index in [0.29, 0.717) is 0 Å². The van der Waals surface area contributed by atoms with Crippen LogP contribution in [0.25, 0.3) is 0 Å². The predicted octanol–water partition coefficient (Wildman–Crippen LogP) is 0.832. The first kappa shape index (κ1) is 20.1. The third-order valence-corrected chi connectivity index (χ3v) is 9.63. The van der Waals surface area contributed by atoms with Crippen LogP contribution in [0.1, 0.15) is 27.0 Å². The molecule has 1 aliphatic heterocycles. The number of aliphatic hydroxyl groups excluding tert-OH is 1. The summed E-state index contributed by atoms with van der Waals surface area (Å²) < 4.78 is 18.5. The molecule has 0 aromatic carbocycles. The van der Waals surface area contributed by atoms with Gasteiger partial charge < -0.3 is 19.0 Å². The number of aromatic nitrogens is 2. The van der Waals surface area contributed by atoms with Gasteiger partial charge in [0.1, 0.15) is 18.3 Å². The first-order chi connectivity index (χ1) is 11.5. The highest BCUT2D eigenvalue weighted by Crippen LogP contribution is 2.38. The minimum atomic E-state index is -2.00.